The van der Waals surface area contributed by atoms with Gasteiger partial charge in [-0.15, -0.1) is 0 Å². The van der Waals surface area contributed by atoms with Crippen LogP contribution >= 0.6 is 0 Å². The summed E-state index contributed by atoms with van der Waals surface area (Å²) in [5, 5.41) is 3.93. The van der Waals surface area contributed by atoms with E-state index in [2.05, 4.69) is 10.1 Å². The van der Waals surface area contributed by atoms with Crippen LogP contribution in [0.4, 0.5) is 0 Å². The maximum Gasteiger partial charge on any atom is 0.137 e. The highest BCUT2D eigenvalue weighted by Gasteiger charge is 1.97. The summed E-state index contributed by atoms with van der Waals surface area (Å²) in [5.41, 5.74) is 0. The van der Waals surface area contributed by atoms with E-state index in [-0.39, 0.29) is 0 Å². The second kappa shape index (κ2) is 4.64. The predicted octanol–water partition coefficient (Wildman–Crippen LogP) is 1.04. The quantitative estimate of drug-likeness (QED) is 0.658. The molecule has 1 aromatic rings. The molecule has 0 amide bonds. The lowest BCUT2D eigenvalue weighted by Crippen LogP contribution is -2.02. The summed E-state index contributed by atoms with van der Waals surface area (Å²) in [5.74, 6) is 0.315. The molecular weight excluding hydrogens is 154 g/mol. The molecular formula is C8H13N3O. The molecule has 0 bridgehead atoms. The molecule has 0 aliphatic rings. The molecule has 4 nitrogen and oxygen atoms in total. The largest absolute Gasteiger partial charge is 0.300 e. The van der Waals surface area contributed by atoms with Crippen LogP contribution in [-0.2, 0) is 11.3 Å². The van der Waals surface area contributed by atoms with Crippen molar-refractivity contribution < 1.29 is 4.79 Å². The van der Waals surface area contributed by atoms with E-state index >= 15 is 0 Å². The van der Waals surface area contributed by atoms with Crippen LogP contribution in [0.5, 0.6) is 0 Å². The number of aromatic nitrogens is 3. The first kappa shape index (κ1) is 8.90. The minimum Gasteiger partial charge on any atom is -0.300 e. The summed E-state index contributed by atoms with van der Waals surface area (Å²) < 4.78 is 1.74. The van der Waals surface area contributed by atoms with E-state index in [0.29, 0.717) is 18.6 Å². The summed E-state index contributed by atoms with van der Waals surface area (Å²) >= 11 is 0. The van der Waals surface area contributed by atoms with Gasteiger partial charge in [-0.1, -0.05) is 6.92 Å². The van der Waals surface area contributed by atoms with Gasteiger partial charge in [-0.25, -0.2) is 4.98 Å². The molecule has 1 heterocycles. The van der Waals surface area contributed by atoms with Gasteiger partial charge in [0.25, 0.3) is 0 Å². The molecule has 66 valence electrons. The third kappa shape index (κ3) is 2.82. The summed E-state index contributed by atoms with van der Waals surface area (Å²) in [6.07, 6.45) is 5.31. The molecule has 4 heteroatoms. The molecule has 0 aliphatic carbocycles. The molecule has 0 radical (unpaired) electrons. The Morgan fingerprint density at radius 3 is 3.00 bits per heavy atom. The highest BCUT2D eigenvalue weighted by Crippen LogP contribution is 1.96. The third-order valence-electron chi connectivity index (χ3n) is 1.70. The first-order valence-electron chi connectivity index (χ1n) is 4.17. The number of carbonyl (C=O) groups is 1. The Hall–Kier alpha value is -1.19. The second-order valence-electron chi connectivity index (χ2n) is 2.65. The van der Waals surface area contributed by atoms with Crippen molar-refractivity contribution in [3.05, 3.63) is 12.7 Å². The maximum atomic E-state index is 10.9. The fraction of sp³-hybridized carbons (Fsp3) is 0.625. The van der Waals surface area contributed by atoms with Crippen LogP contribution in [0.25, 0.3) is 0 Å². The van der Waals surface area contributed by atoms with E-state index < -0.39 is 0 Å². The molecule has 12 heavy (non-hydrogen) atoms. The van der Waals surface area contributed by atoms with Crippen LogP contribution in [0.2, 0.25) is 0 Å². The Morgan fingerprint density at radius 1 is 1.58 bits per heavy atom. The lowest BCUT2D eigenvalue weighted by atomic mass is 10.2. The fourth-order valence-electron chi connectivity index (χ4n) is 0.963. The van der Waals surface area contributed by atoms with Gasteiger partial charge >= 0.3 is 0 Å². The zero-order chi connectivity index (χ0) is 8.81. The van der Waals surface area contributed by atoms with E-state index in [9.17, 15) is 4.79 Å². The summed E-state index contributed by atoms with van der Waals surface area (Å²) in [6.45, 7) is 2.67. The zero-order valence-electron chi connectivity index (χ0n) is 7.23. The molecule has 1 rings (SSSR count). The van der Waals surface area contributed by atoms with Gasteiger partial charge in [0, 0.05) is 19.4 Å². The number of ketones is 1. The van der Waals surface area contributed by atoms with Gasteiger partial charge < -0.3 is 0 Å². The minimum atomic E-state index is 0.315. The van der Waals surface area contributed by atoms with Crippen molar-refractivity contribution in [3.63, 3.8) is 0 Å². The normalized spacial score (nSPS) is 10.1. The highest BCUT2D eigenvalue weighted by molar-refractivity contribution is 5.77. The second-order valence-corrected chi connectivity index (χ2v) is 2.65. The lowest BCUT2D eigenvalue weighted by Gasteiger charge is -1.98. The summed E-state index contributed by atoms with van der Waals surface area (Å²) in [4.78, 5) is 14.7. The van der Waals surface area contributed by atoms with Gasteiger partial charge in [0.2, 0.25) is 0 Å². The smallest absolute Gasteiger partial charge is 0.137 e. The van der Waals surface area contributed by atoms with Crippen molar-refractivity contribution in [1.82, 2.24) is 14.8 Å². The zero-order valence-corrected chi connectivity index (χ0v) is 7.23. The third-order valence-corrected chi connectivity index (χ3v) is 1.70. The van der Waals surface area contributed by atoms with E-state index in [0.717, 1.165) is 13.0 Å². The number of hydrogen-bond acceptors (Lipinski definition) is 3. The lowest BCUT2D eigenvalue weighted by molar-refractivity contribution is -0.118. The van der Waals surface area contributed by atoms with Crippen LogP contribution in [0.3, 0.4) is 0 Å². The van der Waals surface area contributed by atoms with Crippen molar-refractivity contribution in [1.29, 1.82) is 0 Å². The molecule has 0 aromatic carbocycles. The number of Topliss-reactive ketones (excluding diaryl/α,β-unsaturated/α-hetero) is 1. The number of nitrogens with zero attached hydrogens (tertiary/aromatic N) is 3. The highest BCUT2D eigenvalue weighted by atomic mass is 16.1. The average Bonchev–Trinajstić information content (AvgIpc) is 2.57. The van der Waals surface area contributed by atoms with Gasteiger partial charge in [-0.05, 0) is 6.42 Å². The molecule has 0 atom stereocenters. The van der Waals surface area contributed by atoms with Gasteiger partial charge in [0.15, 0.2) is 0 Å². The fourth-order valence-corrected chi connectivity index (χ4v) is 0.963. The Morgan fingerprint density at radius 2 is 2.42 bits per heavy atom. The van der Waals surface area contributed by atoms with Gasteiger partial charge in [-0.3, -0.25) is 9.48 Å². The summed E-state index contributed by atoms with van der Waals surface area (Å²) in [7, 11) is 0. The van der Waals surface area contributed by atoms with E-state index in [1.54, 1.807) is 11.0 Å². The Kier molecular flexibility index (Phi) is 3.44. The van der Waals surface area contributed by atoms with E-state index in [4.69, 9.17) is 0 Å². The van der Waals surface area contributed by atoms with Gasteiger partial charge in [0.05, 0.1) is 0 Å². The van der Waals surface area contributed by atoms with Crippen LogP contribution in [0.1, 0.15) is 26.2 Å². The van der Waals surface area contributed by atoms with Crippen LogP contribution in [0.15, 0.2) is 12.7 Å². The van der Waals surface area contributed by atoms with Crippen molar-refractivity contribution in [2.24, 2.45) is 0 Å². The van der Waals surface area contributed by atoms with Crippen LogP contribution < -0.4 is 0 Å². The Bertz CT molecular complexity index is 230. The molecule has 0 saturated heterocycles. The van der Waals surface area contributed by atoms with Crippen molar-refractivity contribution >= 4 is 5.78 Å². The molecule has 0 fully saturated rings. The number of carbonyl (C=O) groups excluding carboxylic acids is 1. The first-order chi connectivity index (χ1) is 5.83. The Labute approximate surface area is 71.6 Å². The molecule has 1 aromatic heterocycles. The monoisotopic (exact) mass is 167 g/mol. The first-order valence-corrected chi connectivity index (χ1v) is 4.17. The molecule has 0 aliphatic heterocycles. The SMILES string of the molecule is CCC(=O)CCCn1cncn1. The average molecular weight is 167 g/mol. The number of aryl methyl sites for hydroxylation is 1. The van der Waals surface area contributed by atoms with Gasteiger partial charge in [-0.2, -0.15) is 5.10 Å². The Balaban J connectivity index is 2.15. The number of hydrogen-bond donors (Lipinski definition) is 0. The van der Waals surface area contributed by atoms with Crippen molar-refractivity contribution in [2.75, 3.05) is 0 Å². The van der Waals surface area contributed by atoms with Crippen LogP contribution in [0, 0.1) is 0 Å². The van der Waals surface area contributed by atoms with E-state index in [1.165, 1.54) is 6.33 Å². The molecule has 0 N–H and O–H groups in total. The topological polar surface area (TPSA) is 47.8 Å². The molecule has 0 spiro atoms. The minimum absolute atomic E-state index is 0.315. The predicted molar refractivity (Wildman–Crippen MR) is 44.6 cm³/mol. The van der Waals surface area contributed by atoms with Gasteiger partial charge in [0.1, 0.15) is 18.4 Å². The van der Waals surface area contributed by atoms with E-state index in [1.807, 2.05) is 6.92 Å². The maximum absolute atomic E-state index is 10.9. The summed E-state index contributed by atoms with van der Waals surface area (Å²) in [6, 6.07) is 0. The molecule has 0 saturated carbocycles. The van der Waals surface area contributed by atoms with Crippen molar-refractivity contribution in [2.45, 2.75) is 32.7 Å². The standard InChI is InChI=1S/C8H13N3O/c1-2-8(12)4-3-5-11-7-9-6-10-11/h6-7H,2-5H2,1H3. The van der Waals surface area contributed by atoms with Crippen LogP contribution in [-0.4, -0.2) is 20.5 Å². The van der Waals surface area contributed by atoms with Crippen molar-refractivity contribution in [3.8, 4) is 0 Å². The number of rotatable bonds is 5. The molecule has 0 unspecified atom stereocenters.